The van der Waals surface area contributed by atoms with Crippen molar-refractivity contribution in [1.82, 2.24) is 0 Å². The van der Waals surface area contributed by atoms with Gasteiger partial charge in [0.15, 0.2) is 0 Å². The molecule has 0 aliphatic heterocycles. The van der Waals surface area contributed by atoms with Crippen molar-refractivity contribution < 1.29 is 17.6 Å². The molecule has 0 unspecified atom stereocenters. The Kier molecular flexibility index (Phi) is 3.60. The van der Waals surface area contributed by atoms with Crippen molar-refractivity contribution in [2.45, 2.75) is 4.90 Å². The molecular formula is C7H2Cl3FO3S. The molecule has 15 heavy (non-hydrogen) atoms. The van der Waals surface area contributed by atoms with Gasteiger partial charge in [-0.1, -0.05) is 11.6 Å². The summed E-state index contributed by atoms with van der Waals surface area (Å²) in [5.41, 5.74) is -0.320. The average molecular weight is 292 g/mol. The third-order valence-electron chi connectivity index (χ3n) is 1.50. The van der Waals surface area contributed by atoms with Gasteiger partial charge >= 0.3 is 0 Å². The Balaban J connectivity index is 3.58. The molecule has 0 atom stereocenters. The van der Waals surface area contributed by atoms with E-state index in [0.29, 0.717) is 12.1 Å². The quantitative estimate of drug-likeness (QED) is 0.787. The highest BCUT2D eigenvalue weighted by atomic mass is 35.7. The topological polar surface area (TPSA) is 51.2 Å². The van der Waals surface area contributed by atoms with E-state index in [4.69, 9.17) is 33.9 Å². The van der Waals surface area contributed by atoms with Crippen LogP contribution in [0.5, 0.6) is 0 Å². The molecule has 0 heterocycles. The molecule has 1 aromatic rings. The molecule has 1 rings (SSSR count). The lowest BCUT2D eigenvalue weighted by atomic mass is 10.2. The molecule has 0 aliphatic rings. The van der Waals surface area contributed by atoms with Gasteiger partial charge in [-0.2, -0.15) is 0 Å². The summed E-state index contributed by atoms with van der Waals surface area (Å²) < 4.78 is 34.8. The fourth-order valence-electron chi connectivity index (χ4n) is 0.867. The first-order chi connectivity index (χ1) is 6.73. The van der Waals surface area contributed by atoms with Crippen LogP contribution < -0.4 is 0 Å². The van der Waals surface area contributed by atoms with Crippen molar-refractivity contribution in [3.63, 3.8) is 0 Å². The summed E-state index contributed by atoms with van der Waals surface area (Å²) in [5, 5.41) is -1.28. The smallest absolute Gasteiger partial charge is 0.264 e. The lowest BCUT2D eigenvalue weighted by Gasteiger charge is -2.03. The Morgan fingerprint density at radius 2 is 1.87 bits per heavy atom. The van der Waals surface area contributed by atoms with Crippen LogP contribution in [0.25, 0.3) is 0 Å². The molecule has 0 aliphatic carbocycles. The third-order valence-corrected chi connectivity index (χ3v) is 3.35. The van der Waals surface area contributed by atoms with Crippen molar-refractivity contribution in [3.8, 4) is 0 Å². The fraction of sp³-hybridized carbons (Fsp3) is 0. The van der Waals surface area contributed by atoms with Crippen molar-refractivity contribution >= 4 is 48.2 Å². The molecule has 3 nitrogen and oxygen atoms in total. The summed E-state index contributed by atoms with van der Waals surface area (Å²) in [7, 11) is 0.649. The molecule has 1 aromatic carbocycles. The van der Waals surface area contributed by atoms with E-state index in [2.05, 4.69) is 0 Å². The molecule has 0 saturated heterocycles. The lowest BCUT2D eigenvalue weighted by molar-refractivity contribution is 0.108. The summed E-state index contributed by atoms with van der Waals surface area (Å²) >= 11 is 10.6. The number of halogens is 4. The maximum atomic E-state index is 13.1. The molecule has 82 valence electrons. The Morgan fingerprint density at radius 1 is 1.33 bits per heavy atom. The fourth-order valence-corrected chi connectivity index (χ4v) is 2.21. The number of carbonyl (C=O) groups excluding carboxylic acids is 1. The summed E-state index contributed by atoms with van der Waals surface area (Å²) in [6.07, 6.45) is 0. The molecule has 0 aromatic heterocycles. The summed E-state index contributed by atoms with van der Waals surface area (Å²) in [5.74, 6) is -1.14. The average Bonchev–Trinajstić information content (AvgIpc) is 2.00. The van der Waals surface area contributed by atoms with Gasteiger partial charge in [-0.25, -0.2) is 12.8 Å². The maximum Gasteiger partial charge on any atom is 0.264 e. The van der Waals surface area contributed by atoms with Gasteiger partial charge in [-0.15, -0.1) is 0 Å². The molecule has 0 amide bonds. The van der Waals surface area contributed by atoms with Gasteiger partial charge in [0.05, 0.1) is 10.6 Å². The van der Waals surface area contributed by atoms with E-state index in [-0.39, 0.29) is 10.6 Å². The predicted octanol–water partition coefficient (Wildman–Crippen LogP) is 2.79. The lowest BCUT2D eigenvalue weighted by Crippen LogP contribution is -2.00. The third kappa shape index (κ3) is 2.81. The Morgan fingerprint density at radius 3 is 2.27 bits per heavy atom. The van der Waals surface area contributed by atoms with Crippen LogP contribution >= 0.6 is 33.9 Å². The van der Waals surface area contributed by atoms with Gasteiger partial charge < -0.3 is 0 Å². The van der Waals surface area contributed by atoms with Crippen LogP contribution in [0.2, 0.25) is 5.02 Å². The van der Waals surface area contributed by atoms with Gasteiger partial charge in [-0.3, -0.25) is 4.79 Å². The first kappa shape index (κ1) is 12.7. The van der Waals surface area contributed by atoms with Crippen LogP contribution in [0.1, 0.15) is 10.4 Å². The maximum absolute atomic E-state index is 13.1. The monoisotopic (exact) mass is 290 g/mol. The van der Waals surface area contributed by atoms with E-state index >= 15 is 0 Å². The number of carbonyl (C=O) groups is 1. The number of rotatable bonds is 2. The predicted molar refractivity (Wildman–Crippen MR) is 54.6 cm³/mol. The molecule has 0 fully saturated rings. The molecule has 8 heteroatoms. The Labute approximate surface area is 99.2 Å². The minimum Gasteiger partial charge on any atom is -0.276 e. The second kappa shape index (κ2) is 4.25. The normalized spacial score (nSPS) is 11.5. The molecular weight excluding hydrogens is 289 g/mol. The number of hydrogen-bond donors (Lipinski definition) is 0. The Bertz CT molecular complexity index is 527. The SMILES string of the molecule is O=C(Cl)c1cc(S(=O)(=O)Cl)c(F)cc1Cl. The van der Waals surface area contributed by atoms with E-state index in [1.54, 1.807) is 0 Å². The highest BCUT2D eigenvalue weighted by molar-refractivity contribution is 8.13. The van der Waals surface area contributed by atoms with Gasteiger partial charge in [0, 0.05) is 10.7 Å². The van der Waals surface area contributed by atoms with Crippen molar-refractivity contribution in [2.75, 3.05) is 0 Å². The van der Waals surface area contributed by atoms with E-state index in [1.807, 2.05) is 0 Å². The van der Waals surface area contributed by atoms with Crippen LogP contribution in [-0.2, 0) is 9.05 Å². The summed E-state index contributed by atoms with van der Waals surface area (Å²) in [6.45, 7) is 0. The van der Waals surface area contributed by atoms with E-state index in [1.165, 1.54) is 0 Å². The van der Waals surface area contributed by atoms with Crippen molar-refractivity contribution in [1.29, 1.82) is 0 Å². The molecule has 0 spiro atoms. The van der Waals surface area contributed by atoms with Crippen LogP contribution in [0.15, 0.2) is 17.0 Å². The minimum absolute atomic E-state index is 0.281. The standard InChI is InChI=1S/C7H2Cl3FO3S/c8-4-2-5(11)6(15(10,13)14)1-3(4)7(9)12/h1-2H. The first-order valence-electron chi connectivity index (χ1n) is 3.37. The van der Waals surface area contributed by atoms with Gasteiger partial charge in [-0.05, 0) is 23.7 Å². The van der Waals surface area contributed by atoms with E-state index in [9.17, 15) is 17.6 Å². The van der Waals surface area contributed by atoms with E-state index < -0.39 is 25.0 Å². The second-order valence-electron chi connectivity index (χ2n) is 2.47. The summed E-state index contributed by atoms with van der Waals surface area (Å²) in [6, 6.07) is 1.35. The zero-order valence-corrected chi connectivity index (χ0v) is 9.88. The van der Waals surface area contributed by atoms with Crippen molar-refractivity contribution in [2.24, 2.45) is 0 Å². The second-order valence-corrected chi connectivity index (χ2v) is 5.76. The number of benzene rings is 1. The van der Waals surface area contributed by atoms with E-state index in [0.717, 1.165) is 0 Å². The van der Waals surface area contributed by atoms with Crippen LogP contribution in [0.4, 0.5) is 4.39 Å². The van der Waals surface area contributed by atoms with Crippen LogP contribution in [0, 0.1) is 5.82 Å². The first-order valence-corrected chi connectivity index (χ1v) is 6.43. The molecule has 0 bridgehead atoms. The van der Waals surface area contributed by atoms with Gasteiger partial charge in [0.1, 0.15) is 10.7 Å². The zero-order chi connectivity index (χ0) is 11.8. The molecule has 0 N–H and O–H groups in total. The van der Waals surface area contributed by atoms with Gasteiger partial charge in [0.2, 0.25) is 0 Å². The highest BCUT2D eigenvalue weighted by Gasteiger charge is 2.20. The summed E-state index contributed by atoms with van der Waals surface area (Å²) in [4.78, 5) is 9.94. The van der Waals surface area contributed by atoms with Crippen molar-refractivity contribution in [3.05, 3.63) is 28.5 Å². The largest absolute Gasteiger partial charge is 0.276 e. The van der Waals surface area contributed by atoms with Crippen LogP contribution in [0.3, 0.4) is 0 Å². The Hall–Kier alpha value is -0.360. The minimum atomic E-state index is -4.28. The van der Waals surface area contributed by atoms with Crippen LogP contribution in [-0.4, -0.2) is 13.7 Å². The zero-order valence-electron chi connectivity index (χ0n) is 6.80. The molecule has 0 saturated carbocycles. The van der Waals surface area contributed by atoms with Gasteiger partial charge in [0.25, 0.3) is 14.3 Å². The molecule has 0 radical (unpaired) electrons. The highest BCUT2D eigenvalue weighted by Crippen LogP contribution is 2.27. The number of hydrogen-bond acceptors (Lipinski definition) is 3.